The lowest BCUT2D eigenvalue weighted by Crippen LogP contribution is -2.57. The van der Waals surface area contributed by atoms with E-state index in [4.69, 9.17) is 0 Å². The number of carboxylic acids is 1. The molecule has 0 radical (unpaired) electrons. The van der Waals surface area contributed by atoms with Crippen molar-refractivity contribution in [2.75, 3.05) is 27.2 Å². The third-order valence-corrected chi connectivity index (χ3v) is 4.72. The largest absolute Gasteiger partial charge is 0.480 e. The van der Waals surface area contributed by atoms with Crippen LogP contribution in [-0.4, -0.2) is 65.5 Å². The van der Waals surface area contributed by atoms with Gasteiger partial charge in [-0.1, -0.05) is 30.3 Å². The normalized spacial score (nSPS) is 19.3. The molecule has 0 saturated carbocycles. The zero-order chi connectivity index (χ0) is 19.3. The fourth-order valence-electron chi connectivity index (χ4n) is 3.20. The summed E-state index contributed by atoms with van der Waals surface area (Å²) in [7, 11) is 3.35. The van der Waals surface area contributed by atoms with Crippen molar-refractivity contribution >= 4 is 17.9 Å². The quantitative estimate of drug-likeness (QED) is 0.833. The predicted molar refractivity (Wildman–Crippen MR) is 97.7 cm³/mol. The van der Waals surface area contributed by atoms with E-state index in [1.807, 2.05) is 30.3 Å². The molecule has 1 heterocycles. The van der Waals surface area contributed by atoms with Crippen LogP contribution in [0.5, 0.6) is 0 Å². The Bertz CT molecular complexity index is 662. The van der Waals surface area contributed by atoms with Gasteiger partial charge in [0.2, 0.25) is 5.91 Å². The lowest BCUT2D eigenvalue weighted by atomic mass is 9.90. The standard InChI is InChI=1S/C19H27N3O4/c1-19(17(24)25,12-14-8-5-4-6-9-14)20-16(23)15-10-7-11-22(13-15)18(26)21(2)3/h4-6,8-9,15H,7,10-13H2,1-3H3,(H,20,23)(H,24,25)/t15-,19+/m0/s1. The molecule has 0 spiro atoms. The molecule has 1 aromatic rings. The maximum absolute atomic E-state index is 12.7. The molecule has 2 rings (SSSR count). The summed E-state index contributed by atoms with van der Waals surface area (Å²) in [5.41, 5.74) is -0.558. The Morgan fingerprint density at radius 2 is 1.92 bits per heavy atom. The van der Waals surface area contributed by atoms with Gasteiger partial charge in [0.15, 0.2) is 0 Å². The van der Waals surface area contributed by atoms with Crippen LogP contribution in [0.3, 0.4) is 0 Å². The van der Waals surface area contributed by atoms with E-state index in [0.717, 1.165) is 12.0 Å². The number of benzene rings is 1. The fourth-order valence-corrected chi connectivity index (χ4v) is 3.20. The molecule has 26 heavy (non-hydrogen) atoms. The van der Waals surface area contributed by atoms with E-state index in [9.17, 15) is 19.5 Å². The summed E-state index contributed by atoms with van der Waals surface area (Å²) >= 11 is 0. The van der Waals surface area contributed by atoms with Gasteiger partial charge in [0.1, 0.15) is 5.54 Å². The number of likely N-dealkylation sites (tertiary alicyclic amines) is 1. The summed E-state index contributed by atoms with van der Waals surface area (Å²) in [6, 6.07) is 9.08. The second-order valence-electron chi connectivity index (χ2n) is 7.25. The highest BCUT2D eigenvalue weighted by atomic mass is 16.4. The maximum atomic E-state index is 12.7. The number of carbonyl (C=O) groups is 3. The van der Waals surface area contributed by atoms with Crippen LogP contribution in [0.2, 0.25) is 0 Å². The molecule has 1 aliphatic heterocycles. The minimum absolute atomic E-state index is 0.132. The number of urea groups is 1. The number of amides is 3. The van der Waals surface area contributed by atoms with Gasteiger partial charge in [0.25, 0.3) is 0 Å². The van der Waals surface area contributed by atoms with Crippen LogP contribution in [0, 0.1) is 5.92 Å². The number of nitrogens with one attached hydrogen (secondary N) is 1. The maximum Gasteiger partial charge on any atom is 0.329 e. The Morgan fingerprint density at radius 3 is 2.50 bits per heavy atom. The highest BCUT2D eigenvalue weighted by Gasteiger charge is 2.38. The van der Waals surface area contributed by atoms with E-state index in [0.29, 0.717) is 19.5 Å². The number of hydrogen-bond donors (Lipinski definition) is 2. The Morgan fingerprint density at radius 1 is 1.27 bits per heavy atom. The van der Waals surface area contributed by atoms with Gasteiger partial charge in [-0.25, -0.2) is 9.59 Å². The molecular weight excluding hydrogens is 334 g/mol. The van der Waals surface area contributed by atoms with Crippen LogP contribution in [0.4, 0.5) is 4.79 Å². The van der Waals surface area contributed by atoms with Gasteiger partial charge in [0, 0.05) is 33.6 Å². The van der Waals surface area contributed by atoms with Crippen molar-refractivity contribution < 1.29 is 19.5 Å². The molecule has 142 valence electrons. The summed E-state index contributed by atoms with van der Waals surface area (Å²) in [5, 5.41) is 12.4. The smallest absolute Gasteiger partial charge is 0.329 e. The first kappa shape index (κ1) is 19.8. The van der Waals surface area contributed by atoms with E-state index in [1.165, 1.54) is 11.8 Å². The van der Waals surface area contributed by atoms with Crippen LogP contribution in [0.15, 0.2) is 30.3 Å². The minimum atomic E-state index is -1.40. The molecule has 1 saturated heterocycles. The molecule has 2 N–H and O–H groups in total. The Balaban J connectivity index is 2.07. The predicted octanol–water partition coefficient (Wildman–Crippen LogP) is 1.58. The van der Waals surface area contributed by atoms with Crippen molar-refractivity contribution in [2.45, 2.75) is 31.7 Å². The van der Waals surface area contributed by atoms with Gasteiger partial charge >= 0.3 is 12.0 Å². The Labute approximate surface area is 154 Å². The van der Waals surface area contributed by atoms with Crippen LogP contribution in [0.1, 0.15) is 25.3 Å². The van der Waals surface area contributed by atoms with E-state index < -0.39 is 17.4 Å². The monoisotopic (exact) mass is 361 g/mol. The first-order valence-electron chi connectivity index (χ1n) is 8.78. The van der Waals surface area contributed by atoms with Crippen molar-refractivity contribution in [3.63, 3.8) is 0 Å². The summed E-state index contributed by atoms with van der Waals surface area (Å²) in [6.07, 6.45) is 1.56. The van der Waals surface area contributed by atoms with E-state index in [-0.39, 0.29) is 18.4 Å². The van der Waals surface area contributed by atoms with Crippen LogP contribution in [0.25, 0.3) is 0 Å². The van der Waals surface area contributed by atoms with Crippen molar-refractivity contribution in [3.05, 3.63) is 35.9 Å². The van der Waals surface area contributed by atoms with Crippen molar-refractivity contribution in [1.29, 1.82) is 0 Å². The molecule has 1 aromatic carbocycles. The summed E-state index contributed by atoms with van der Waals surface area (Å²) in [4.78, 5) is 39.8. The molecule has 0 bridgehead atoms. The second kappa shape index (κ2) is 8.21. The molecule has 1 fully saturated rings. The lowest BCUT2D eigenvalue weighted by Gasteiger charge is -2.35. The van der Waals surface area contributed by atoms with Gasteiger partial charge in [-0.15, -0.1) is 0 Å². The van der Waals surface area contributed by atoms with Gasteiger partial charge in [-0.05, 0) is 25.3 Å². The average molecular weight is 361 g/mol. The van der Waals surface area contributed by atoms with Gasteiger partial charge in [0.05, 0.1) is 5.92 Å². The van der Waals surface area contributed by atoms with Gasteiger partial charge in [-0.2, -0.15) is 0 Å². The molecule has 1 aliphatic rings. The lowest BCUT2D eigenvalue weighted by molar-refractivity contribution is -0.147. The average Bonchev–Trinajstić information content (AvgIpc) is 2.61. The number of rotatable bonds is 5. The van der Waals surface area contributed by atoms with Gasteiger partial charge < -0.3 is 20.2 Å². The molecule has 0 aliphatic carbocycles. The number of hydrogen-bond acceptors (Lipinski definition) is 3. The first-order valence-corrected chi connectivity index (χ1v) is 8.78. The van der Waals surface area contributed by atoms with Crippen molar-refractivity contribution in [3.8, 4) is 0 Å². The SMILES string of the molecule is CN(C)C(=O)N1CCC[C@H](C(=O)N[C@](C)(Cc2ccccc2)C(=O)O)C1. The zero-order valence-electron chi connectivity index (χ0n) is 15.6. The third-order valence-electron chi connectivity index (χ3n) is 4.72. The molecule has 7 heteroatoms. The molecular formula is C19H27N3O4. The van der Waals surface area contributed by atoms with Crippen LogP contribution in [-0.2, 0) is 16.0 Å². The van der Waals surface area contributed by atoms with E-state index in [1.54, 1.807) is 19.0 Å². The molecule has 7 nitrogen and oxygen atoms in total. The number of nitrogens with zero attached hydrogens (tertiary/aromatic N) is 2. The fraction of sp³-hybridized carbons (Fsp3) is 0.526. The number of carboxylic acid groups (broad SMARTS) is 1. The summed E-state index contributed by atoms with van der Waals surface area (Å²) in [5.74, 6) is -1.80. The topological polar surface area (TPSA) is 90.0 Å². The zero-order valence-corrected chi connectivity index (χ0v) is 15.6. The van der Waals surface area contributed by atoms with Crippen LogP contribution < -0.4 is 5.32 Å². The Kier molecular flexibility index (Phi) is 6.23. The summed E-state index contributed by atoms with van der Waals surface area (Å²) < 4.78 is 0. The molecule has 0 aromatic heterocycles. The van der Waals surface area contributed by atoms with E-state index >= 15 is 0 Å². The highest BCUT2D eigenvalue weighted by Crippen LogP contribution is 2.20. The molecule has 2 atom stereocenters. The first-order chi connectivity index (χ1) is 12.2. The minimum Gasteiger partial charge on any atom is -0.480 e. The summed E-state index contributed by atoms with van der Waals surface area (Å²) in [6.45, 7) is 2.44. The van der Waals surface area contributed by atoms with Crippen molar-refractivity contribution in [2.24, 2.45) is 5.92 Å². The number of carbonyl (C=O) groups excluding carboxylic acids is 2. The highest BCUT2D eigenvalue weighted by molar-refractivity contribution is 5.88. The van der Waals surface area contributed by atoms with E-state index in [2.05, 4.69) is 5.32 Å². The van der Waals surface area contributed by atoms with Crippen molar-refractivity contribution in [1.82, 2.24) is 15.1 Å². The molecule has 0 unspecified atom stereocenters. The van der Waals surface area contributed by atoms with Gasteiger partial charge in [-0.3, -0.25) is 4.79 Å². The number of piperidine rings is 1. The van der Waals surface area contributed by atoms with Crippen LogP contribution >= 0.6 is 0 Å². The third kappa shape index (κ3) is 4.74. The number of aliphatic carboxylic acids is 1. The Hall–Kier alpha value is -2.57. The second-order valence-corrected chi connectivity index (χ2v) is 7.25. The molecule has 3 amide bonds.